The quantitative estimate of drug-likeness (QED) is 0.142. The van der Waals surface area contributed by atoms with Crippen molar-refractivity contribution in [2.45, 2.75) is 116 Å². The smallest absolute Gasteiger partial charge is 0.326 e. The maximum atomic E-state index is 13.3. The van der Waals surface area contributed by atoms with Crippen LogP contribution in [0.2, 0.25) is 0 Å². The first kappa shape index (κ1) is 32.0. The number of carboxylic acids is 1. The van der Waals surface area contributed by atoms with Crippen molar-refractivity contribution in [3.8, 4) is 0 Å². The van der Waals surface area contributed by atoms with Crippen LogP contribution in [0.5, 0.6) is 0 Å². The molecule has 0 aromatic rings. The Kier molecular flexibility index (Phi) is 13.6. The van der Waals surface area contributed by atoms with E-state index in [1.54, 1.807) is 20.9 Å². The summed E-state index contributed by atoms with van der Waals surface area (Å²) in [6, 6.07) is -2.96. The van der Waals surface area contributed by atoms with Crippen LogP contribution >= 0.6 is 0 Å². The normalized spacial score (nSPS) is 23.7. The molecular weight excluding hydrogens is 462 g/mol. The summed E-state index contributed by atoms with van der Waals surface area (Å²) in [6.45, 7) is 9.73. The second kappa shape index (κ2) is 15.3. The van der Waals surface area contributed by atoms with Crippen molar-refractivity contribution in [1.29, 1.82) is 0 Å². The van der Waals surface area contributed by atoms with Crippen LogP contribution in [0.1, 0.15) is 86.0 Å². The van der Waals surface area contributed by atoms with E-state index in [4.69, 9.17) is 5.73 Å². The standard InChI is InChI=1S/C26H49N5O5/c1-16(2)21(27)24(34)30-19(5)23(33)31-20(25(35)36)13-9-11-15-29-26(22(32)18(4)28-6)14-10-7-8-12-17(26)3/h16-21,28-29H,7-15,27H2,1-6H3,(H,30,34)(H,31,33)(H,35,36)/t17-,18+,19-,20-,21-,26?/m0/s1. The van der Waals surface area contributed by atoms with Gasteiger partial charge < -0.3 is 32.1 Å². The van der Waals surface area contributed by atoms with Gasteiger partial charge in [0.25, 0.3) is 0 Å². The van der Waals surface area contributed by atoms with E-state index in [9.17, 15) is 24.3 Å². The molecule has 0 aliphatic heterocycles. The van der Waals surface area contributed by atoms with Gasteiger partial charge in [-0.25, -0.2) is 4.79 Å². The predicted octanol–water partition coefficient (Wildman–Crippen LogP) is 1.32. The van der Waals surface area contributed by atoms with Crippen LogP contribution in [0.15, 0.2) is 0 Å². The lowest BCUT2D eigenvalue weighted by Gasteiger charge is -2.39. The number of ketones is 1. The Morgan fingerprint density at radius 2 is 1.64 bits per heavy atom. The molecule has 1 aliphatic rings. The van der Waals surface area contributed by atoms with Crippen molar-refractivity contribution in [2.75, 3.05) is 13.6 Å². The monoisotopic (exact) mass is 511 g/mol. The molecule has 208 valence electrons. The lowest BCUT2D eigenvalue weighted by Crippen LogP contribution is -2.61. The highest BCUT2D eigenvalue weighted by Gasteiger charge is 2.44. The fourth-order valence-corrected chi connectivity index (χ4v) is 4.77. The van der Waals surface area contributed by atoms with Gasteiger partial charge in [-0.1, -0.05) is 40.0 Å². The lowest BCUT2D eigenvalue weighted by atomic mass is 9.75. The van der Waals surface area contributed by atoms with Crippen LogP contribution in [0.4, 0.5) is 0 Å². The van der Waals surface area contributed by atoms with Gasteiger partial charge in [-0.15, -0.1) is 0 Å². The summed E-state index contributed by atoms with van der Waals surface area (Å²) in [7, 11) is 1.79. The molecule has 2 amide bonds. The first-order chi connectivity index (χ1) is 16.9. The predicted molar refractivity (Wildman–Crippen MR) is 140 cm³/mol. The Bertz CT molecular complexity index is 746. The number of carbonyl (C=O) groups is 4. The van der Waals surface area contributed by atoms with Gasteiger partial charge in [-0.3, -0.25) is 14.4 Å². The summed E-state index contributed by atoms with van der Waals surface area (Å²) in [4.78, 5) is 49.6. The number of nitrogens with one attached hydrogen (secondary N) is 4. The summed E-state index contributed by atoms with van der Waals surface area (Å²) in [6.07, 6.45) is 6.53. The molecule has 10 heteroatoms. The third-order valence-electron chi connectivity index (χ3n) is 7.56. The maximum Gasteiger partial charge on any atom is 0.326 e. The summed E-state index contributed by atoms with van der Waals surface area (Å²) in [5, 5.41) is 21.3. The lowest BCUT2D eigenvalue weighted by molar-refractivity contribution is -0.142. The van der Waals surface area contributed by atoms with E-state index >= 15 is 0 Å². The summed E-state index contributed by atoms with van der Waals surface area (Å²) in [5.74, 6) is -1.83. The Morgan fingerprint density at radius 1 is 0.972 bits per heavy atom. The van der Waals surface area contributed by atoms with Crippen molar-refractivity contribution in [3.63, 3.8) is 0 Å². The number of unbranched alkanes of at least 4 members (excludes halogenated alkanes) is 1. The van der Waals surface area contributed by atoms with Crippen LogP contribution < -0.4 is 27.0 Å². The average Bonchev–Trinajstić information content (AvgIpc) is 3.02. The first-order valence-corrected chi connectivity index (χ1v) is 13.4. The fourth-order valence-electron chi connectivity index (χ4n) is 4.77. The summed E-state index contributed by atoms with van der Waals surface area (Å²) >= 11 is 0. The van der Waals surface area contributed by atoms with E-state index < -0.39 is 41.4 Å². The number of amides is 2. The molecule has 1 fully saturated rings. The second-order valence-corrected chi connectivity index (χ2v) is 10.7. The zero-order chi connectivity index (χ0) is 27.5. The van der Waals surface area contributed by atoms with Gasteiger partial charge in [0.15, 0.2) is 5.78 Å². The molecule has 1 aliphatic carbocycles. The third kappa shape index (κ3) is 9.12. The maximum absolute atomic E-state index is 13.3. The molecule has 0 spiro atoms. The first-order valence-electron chi connectivity index (χ1n) is 13.4. The van der Waals surface area contributed by atoms with E-state index in [-0.39, 0.29) is 30.1 Å². The van der Waals surface area contributed by atoms with Crippen LogP contribution in [0.3, 0.4) is 0 Å². The van der Waals surface area contributed by atoms with Crippen molar-refractivity contribution in [1.82, 2.24) is 21.3 Å². The number of hydrogen-bond acceptors (Lipinski definition) is 7. The van der Waals surface area contributed by atoms with Crippen LogP contribution in [-0.2, 0) is 19.2 Å². The minimum atomic E-state index is -1.12. The van der Waals surface area contributed by atoms with Crippen molar-refractivity contribution in [2.24, 2.45) is 17.6 Å². The number of rotatable bonds is 15. The number of carbonyl (C=O) groups excluding carboxylic acids is 3. The molecule has 1 unspecified atom stereocenters. The van der Waals surface area contributed by atoms with Crippen LogP contribution in [0, 0.1) is 11.8 Å². The highest BCUT2D eigenvalue weighted by Crippen LogP contribution is 2.34. The molecule has 1 rings (SSSR count). The molecule has 0 radical (unpaired) electrons. The number of Topliss-reactive ketones (excluding diaryl/α,β-unsaturated/α-hetero) is 1. The van der Waals surface area contributed by atoms with Gasteiger partial charge in [-0.05, 0) is 71.4 Å². The molecule has 1 saturated carbocycles. The summed E-state index contributed by atoms with van der Waals surface area (Å²) in [5.41, 5.74) is 5.23. The molecule has 7 N–H and O–H groups in total. The molecule has 0 heterocycles. The molecule has 0 bridgehead atoms. The SMILES string of the molecule is CN[C@H](C)C(=O)C1(NCCCC[C@H](NC(=O)[C@H](C)NC(=O)[C@@H](N)C(C)C)C(=O)O)CCCCC[C@@H]1C. The van der Waals surface area contributed by atoms with Crippen LogP contribution in [-0.4, -0.2) is 72.0 Å². The zero-order valence-corrected chi connectivity index (χ0v) is 23.0. The van der Waals surface area contributed by atoms with Crippen LogP contribution in [0.25, 0.3) is 0 Å². The van der Waals surface area contributed by atoms with E-state index in [2.05, 4.69) is 28.2 Å². The zero-order valence-electron chi connectivity index (χ0n) is 23.0. The molecule has 0 aromatic heterocycles. The molecule has 36 heavy (non-hydrogen) atoms. The Hall–Kier alpha value is -2.04. The van der Waals surface area contributed by atoms with Gasteiger partial charge >= 0.3 is 5.97 Å². The third-order valence-corrected chi connectivity index (χ3v) is 7.56. The van der Waals surface area contributed by atoms with E-state index in [1.165, 1.54) is 6.92 Å². The number of carboxylic acid groups (broad SMARTS) is 1. The van der Waals surface area contributed by atoms with E-state index in [1.807, 2.05) is 6.92 Å². The average molecular weight is 512 g/mol. The molecule has 0 aromatic carbocycles. The second-order valence-electron chi connectivity index (χ2n) is 10.7. The minimum Gasteiger partial charge on any atom is -0.480 e. The number of nitrogens with two attached hydrogens (primary N) is 1. The minimum absolute atomic E-state index is 0.0857. The fraction of sp³-hybridized carbons (Fsp3) is 0.846. The Labute approximate surface area is 216 Å². The van der Waals surface area contributed by atoms with Crippen molar-refractivity contribution >= 4 is 23.6 Å². The van der Waals surface area contributed by atoms with E-state index in [0.717, 1.165) is 32.1 Å². The van der Waals surface area contributed by atoms with Crippen molar-refractivity contribution in [3.05, 3.63) is 0 Å². The topological polar surface area (TPSA) is 163 Å². The highest BCUT2D eigenvalue weighted by atomic mass is 16.4. The van der Waals surface area contributed by atoms with Gasteiger partial charge in [0.1, 0.15) is 12.1 Å². The van der Waals surface area contributed by atoms with Gasteiger partial charge in [-0.2, -0.15) is 0 Å². The molecule has 10 nitrogen and oxygen atoms in total. The van der Waals surface area contributed by atoms with E-state index in [0.29, 0.717) is 19.4 Å². The Morgan fingerprint density at radius 3 is 2.22 bits per heavy atom. The van der Waals surface area contributed by atoms with Gasteiger partial charge in [0.05, 0.1) is 17.6 Å². The number of aliphatic carboxylic acids is 1. The molecule has 6 atom stereocenters. The van der Waals surface area contributed by atoms with Crippen molar-refractivity contribution < 1.29 is 24.3 Å². The number of likely N-dealkylation sites (N-methyl/N-ethyl adjacent to an activating group) is 1. The number of hydrogen-bond donors (Lipinski definition) is 6. The van der Waals surface area contributed by atoms with Gasteiger partial charge in [0, 0.05) is 0 Å². The Balaban J connectivity index is 2.64. The molecular formula is C26H49N5O5. The van der Waals surface area contributed by atoms with Gasteiger partial charge in [0.2, 0.25) is 11.8 Å². The molecule has 0 saturated heterocycles. The highest BCUT2D eigenvalue weighted by molar-refractivity contribution is 5.93. The largest absolute Gasteiger partial charge is 0.480 e. The summed E-state index contributed by atoms with van der Waals surface area (Å²) < 4.78 is 0.